The Labute approximate surface area is 142 Å². The second-order valence-electron chi connectivity index (χ2n) is 5.71. The Bertz CT molecular complexity index is 974. The molecule has 1 aliphatic carbocycles. The van der Waals surface area contributed by atoms with E-state index in [9.17, 15) is 14.6 Å². The molecule has 0 fully saturated rings. The van der Waals surface area contributed by atoms with Gasteiger partial charge >= 0.3 is 0 Å². The van der Waals surface area contributed by atoms with E-state index >= 15 is 0 Å². The van der Waals surface area contributed by atoms with E-state index in [1.54, 1.807) is 30.3 Å². The first-order valence-corrected chi connectivity index (χ1v) is 8.31. The molecule has 3 nitrogen and oxygen atoms in total. The summed E-state index contributed by atoms with van der Waals surface area (Å²) < 4.78 is 14.7. The maximum atomic E-state index is 14.7. The summed E-state index contributed by atoms with van der Waals surface area (Å²) in [7, 11) is 0. The average Bonchev–Trinajstić information content (AvgIpc) is 3.15. The van der Waals surface area contributed by atoms with Gasteiger partial charge in [-0.1, -0.05) is 18.2 Å². The number of anilines is 1. The summed E-state index contributed by atoms with van der Waals surface area (Å²) >= 11 is 1.39. The van der Waals surface area contributed by atoms with E-state index in [2.05, 4.69) is 0 Å². The van der Waals surface area contributed by atoms with Crippen LogP contribution in [0.15, 0.2) is 47.8 Å². The van der Waals surface area contributed by atoms with Crippen LogP contribution in [-0.4, -0.2) is 10.2 Å². The largest absolute Gasteiger partial charge is 0.508 e. The molecule has 4 rings (SSSR count). The lowest BCUT2D eigenvalue weighted by molar-refractivity contribution is 0.431. The zero-order valence-electron chi connectivity index (χ0n) is 12.6. The summed E-state index contributed by atoms with van der Waals surface area (Å²) in [5.74, 6) is -0.816. The molecule has 1 aliphatic rings. The minimum atomic E-state index is -0.623. The van der Waals surface area contributed by atoms with E-state index in [1.165, 1.54) is 17.4 Å². The fourth-order valence-corrected chi connectivity index (χ4v) is 3.83. The lowest BCUT2D eigenvalue weighted by Crippen LogP contribution is -1.95. The highest BCUT2D eigenvalue weighted by atomic mass is 32.1. The van der Waals surface area contributed by atoms with E-state index in [0.717, 1.165) is 22.3 Å². The van der Waals surface area contributed by atoms with Crippen molar-refractivity contribution in [2.75, 3.05) is 5.73 Å². The van der Waals surface area contributed by atoms with Crippen LogP contribution in [0.2, 0.25) is 0 Å². The van der Waals surface area contributed by atoms with Gasteiger partial charge in [0.05, 0.1) is 5.00 Å². The highest BCUT2D eigenvalue weighted by Crippen LogP contribution is 2.47. The van der Waals surface area contributed by atoms with Gasteiger partial charge in [-0.05, 0) is 58.3 Å². The Hall–Kier alpha value is -2.79. The molecule has 0 atom stereocenters. The molecule has 0 radical (unpaired) electrons. The number of fused-ring (bicyclic) bond motifs is 1. The number of nitrogen functional groups attached to an aromatic ring is 1. The number of thiophene rings is 1. The number of rotatable bonds is 2. The molecule has 3 aromatic rings. The summed E-state index contributed by atoms with van der Waals surface area (Å²) in [6, 6.07) is 11.8. The lowest BCUT2D eigenvalue weighted by Gasteiger charge is -2.10. The highest BCUT2D eigenvalue weighted by Gasteiger charge is 2.29. The van der Waals surface area contributed by atoms with Crippen LogP contribution in [0, 0.1) is 5.82 Å². The molecule has 5 heteroatoms. The van der Waals surface area contributed by atoms with Gasteiger partial charge in [-0.3, -0.25) is 0 Å². The van der Waals surface area contributed by atoms with Crippen LogP contribution in [0.1, 0.15) is 22.3 Å². The van der Waals surface area contributed by atoms with Crippen molar-refractivity contribution in [1.82, 2.24) is 0 Å². The van der Waals surface area contributed by atoms with Crippen molar-refractivity contribution < 1.29 is 14.6 Å². The van der Waals surface area contributed by atoms with Crippen molar-refractivity contribution >= 4 is 27.5 Å². The molecule has 24 heavy (non-hydrogen) atoms. The molecular weight excluding hydrogens is 325 g/mol. The van der Waals surface area contributed by atoms with Gasteiger partial charge in [0.25, 0.3) is 0 Å². The van der Waals surface area contributed by atoms with E-state index < -0.39 is 5.82 Å². The number of hydrogen-bond acceptors (Lipinski definition) is 4. The Morgan fingerprint density at radius 1 is 1.00 bits per heavy atom. The molecule has 0 bridgehead atoms. The summed E-state index contributed by atoms with van der Waals surface area (Å²) in [4.78, 5) is 0. The summed E-state index contributed by atoms with van der Waals surface area (Å²) in [6.07, 6.45) is 0.544. The summed E-state index contributed by atoms with van der Waals surface area (Å²) in [5, 5.41) is 21.8. The molecule has 0 saturated carbocycles. The number of hydrogen-bond donors (Lipinski definition) is 3. The number of aromatic hydroxyl groups is 2. The Balaban J connectivity index is 2.02. The highest BCUT2D eigenvalue weighted by molar-refractivity contribution is 7.14. The number of nitrogens with two attached hydrogens (primary N) is 1. The molecule has 0 unspecified atom stereocenters. The standard InChI is InChI=1S/C19H14FNO2S/c20-18-15(23)6-3-11-9-14(10-1-4-12(22)5-2-10)17(16(11)18)13-7-8-24-19(13)21/h1-8,22-23H,9,21H2. The average molecular weight is 339 g/mol. The zero-order chi connectivity index (χ0) is 16.8. The number of benzene rings is 2. The normalized spacial score (nSPS) is 13.4. The molecular formula is C19H14FNO2S. The number of halogens is 1. The predicted molar refractivity (Wildman–Crippen MR) is 94.5 cm³/mol. The Morgan fingerprint density at radius 3 is 2.42 bits per heavy atom. The van der Waals surface area contributed by atoms with Crippen LogP contribution in [0.5, 0.6) is 11.5 Å². The van der Waals surface area contributed by atoms with Gasteiger partial charge in [0.2, 0.25) is 0 Å². The van der Waals surface area contributed by atoms with Crippen LogP contribution in [0.4, 0.5) is 9.39 Å². The molecule has 0 aliphatic heterocycles. The zero-order valence-corrected chi connectivity index (χ0v) is 13.4. The van der Waals surface area contributed by atoms with Crippen molar-refractivity contribution in [3.05, 3.63) is 75.9 Å². The molecule has 0 saturated heterocycles. The fraction of sp³-hybridized carbons (Fsp3) is 0.0526. The molecule has 0 amide bonds. The second-order valence-corrected chi connectivity index (χ2v) is 6.66. The SMILES string of the molecule is Nc1sccc1C1=C(c2ccc(O)cc2)Cc2ccc(O)c(F)c21. The third-order valence-electron chi connectivity index (χ3n) is 4.31. The van der Waals surface area contributed by atoms with Gasteiger partial charge in [0.15, 0.2) is 11.6 Å². The molecule has 4 N–H and O–H groups in total. The molecule has 120 valence electrons. The number of allylic oxidation sites excluding steroid dienone is 1. The summed E-state index contributed by atoms with van der Waals surface area (Å²) in [6.45, 7) is 0. The smallest absolute Gasteiger partial charge is 0.172 e. The van der Waals surface area contributed by atoms with Crippen molar-refractivity contribution in [3.8, 4) is 11.5 Å². The maximum absolute atomic E-state index is 14.7. The van der Waals surface area contributed by atoms with Crippen molar-refractivity contribution in [2.24, 2.45) is 0 Å². The molecule has 0 spiro atoms. The topological polar surface area (TPSA) is 66.5 Å². The first-order chi connectivity index (χ1) is 11.6. The first-order valence-electron chi connectivity index (χ1n) is 7.43. The Morgan fingerprint density at radius 2 is 1.75 bits per heavy atom. The van der Waals surface area contributed by atoms with Gasteiger partial charge in [0, 0.05) is 11.1 Å². The van der Waals surface area contributed by atoms with E-state index in [1.807, 2.05) is 11.4 Å². The van der Waals surface area contributed by atoms with Crippen LogP contribution in [-0.2, 0) is 6.42 Å². The lowest BCUT2D eigenvalue weighted by atomic mass is 9.95. The van der Waals surface area contributed by atoms with Crippen LogP contribution in [0.3, 0.4) is 0 Å². The maximum Gasteiger partial charge on any atom is 0.172 e. The molecule has 1 heterocycles. The second kappa shape index (κ2) is 5.39. The molecule has 1 aromatic heterocycles. The van der Waals surface area contributed by atoms with Gasteiger partial charge < -0.3 is 15.9 Å². The monoisotopic (exact) mass is 339 g/mol. The van der Waals surface area contributed by atoms with E-state index in [4.69, 9.17) is 5.73 Å². The first kappa shape index (κ1) is 14.8. The van der Waals surface area contributed by atoms with Gasteiger partial charge in [-0.15, -0.1) is 11.3 Å². The minimum absolute atomic E-state index is 0.176. The van der Waals surface area contributed by atoms with Gasteiger partial charge in [-0.2, -0.15) is 0 Å². The van der Waals surface area contributed by atoms with Crippen molar-refractivity contribution in [3.63, 3.8) is 0 Å². The van der Waals surface area contributed by atoms with Crippen molar-refractivity contribution in [2.45, 2.75) is 6.42 Å². The minimum Gasteiger partial charge on any atom is -0.508 e. The third kappa shape index (κ3) is 2.17. The Kier molecular flexibility index (Phi) is 3.32. The van der Waals surface area contributed by atoms with E-state index in [0.29, 0.717) is 22.6 Å². The third-order valence-corrected chi connectivity index (χ3v) is 5.05. The fourth-order valence-electron chi connectivity index (χ4n) is 3.19. The quantitative estimate of drug-likeness (QED) is 0.648. The number of phenolic OH excluding ortho intramolecular Hbond substituents is 2. The van der Waals surface area contributed by atoms with Gasteiger partial charge in [0.1, 0.15) is 5.75 Å². The van der Waals surface area contributed by atoms with Crippen LogP contribution < -0.4 is 5.73 Å². The van der Waals surface area contributed by atoms with Crippen molar-refractivity contribution in [1.29, 1.82) is 0 Å². The van der Waals surface area contributed by atoms with Gasteiger partial charge in [-0.25, -0.2) is 4.39 Å². The summed E-state index contributed by atoms with van der Waals surface area (Å²) in [5.41, 5.74) is 10.6. The van der Waals surface area contributed by atoms with E-state index in [-0.39, 0.29) is 11.5 Å². The molecule has 2 aromatic carbocycles. The number of phenols is 2. The van der Waals surface area contributed by atoms with Crippen LogP contribution >= 0.6 is 11.3 Å². The predicted octanol–water partition coefficient (Wildman–Crippen LogP) is 4.40. The van der Waals surface area contributed by atoms with Crippen LogP contribution in [0.25, 0.3) is 11.1 Å².